The number of aromatic nitrogens is 1. The van der Waals surface area contributed by atoms with E-state index in [0.717, 1.165) is 26.6 Å². The Bertz CT molecular complexity index is 1210. The third-order valence-electron chi connectivity index (χ3n) is 4.22. The highest BCUT2D eigenvalue weighted by Crippen LogP contribution is 2.24. The molecule has 0 unspecified atom stereocenters. The molecule has 0 aliphatic rings. The summed E-state index contributed by atoms with van der Waals surface area (Å²) in [5, 5.41) is 0. The van der Waals surface area contributed by atoms with Gasteiger partial charge in [0.15, 0.2) is 14.6 Å². The number of aryl methyl sites for hydroxylation is 1. The van der Waals surface area contributed by atoms with Gasteiger partial charge in [-0.15, -0.1) is 11.8 Å². The molecule has 0 saturated carbocycles. The minimum Gasteiger partial charge on any atom is -0.316 e. The number of thioether (sulfide) groups is 2. The van der Waals surface area contributed by atoms with Gasteiger partial charge < -0.3 is 4.57 Å². The molecule has 154 valence electrons. The summed E-state index contributed by atoms with van der Waals surface area (Å²) in [5.41, 5.74) is 1.48. The normalized spacial score (nSPS) is 12.6. The van der Waals surface area contributed by atoms with Crippen LogP contribution in [0.3, 0.4) is 0 Å². The second-order valence-corrected chi connectivity index (χ2v) is 11.6. The van der Waals surface area contributed by atoms with Crippen molar-refractivity contribution in [2.24, 2.45) is 4.99 Å². The second-order valence-electron chi connectivity index (χ2n) is 6.28. The van der Waals surface area contributed by atoms with E-state index in [1.807, 2.05) is 35.9 Å². The van der Waals surface area contributed by atoms with Crippen LogP contribution in [0, 0.1) is 0 Å². The lowest BCUT2D eigenvalue weighted by Crippen LogP contribution is -2.18. The molecule has 0 spiro atoms. The summed E-state index contributed by atoms with van der Waals surface area (Å²) in [6, 6.07) is 12.6. The summed E-state index contributed by atoms with van der Waals surface area (Å²) in [5.74, 6) is 1.45. The molecule has 1 aromatic heterocycles. The van der Waals surface area contributed by atoms with Crippen molar-refractivity contribution in [2.75, 3.05) is 24.0 Å². The molecule has 0 N–H and O–H groups in total. The Morgan fingerprint density at radius 1 is 1.21 bits per heavy atom. The monoisotopic (exact) mass is 466 g/mol. The molecule has 0 aliphatic heterocycles. The molecule has 1 heterocycles. The van der Waals surface area contributed by atoms with Crippen molar-refractivity contribution < 1.29 is 13.2 Å². The zero-order valence-electron chi connectivity index (χ0n) is 16.4. The van der Waals surface area contributed by atoms with E-state index in [1.54, 1.807) is 47.8 Å². The average Bonchev–Trinajstić information content (AvgIpc) is 3.02. The van der Waals surface area contributed by atoms with Crippen molar-refractivity contribution in [1.82, 2.24) is 4.57 Å². The van der Waals surface area contributed by atoms with E-state index in [-0.39, 0.29) is 10.8 Å². The number of nitrogens with zero attached hydrogens (tertiary/aromatic N) is 2. The number of sulfone groups is 1. The largest absolute Gasteiger partial charge is 0.316 e. The molecule has 9 heteroatoms. The number of benzene rings is 2. The van der Waals surface area contributed by atoms with E-state index < -0.39 is 9.84 Å². The zero-order valence-corrected chi connectivity index (χ0v) is 19.7. The summed E-state index contributed by atoms with van der Waals surface area (Å²) in [7, 11) is -3.30. The SMILES string of the molecule is CCSc1ccccc1C(=O)N=c1sc2cc(S(C)(=O)=O)ccc2n1CCSC. The van der Waals surface area contributed by atoms with Crippen molar-refractivity contribution in [1.29, 1.82) is 0 Å². The first-order chi connectivity index (χ1) is 13.8. The summed E-state index contributed by atoms with van der Waals surface area (Å²) in [6.07, 6.45) is 3.22. The highest BCUT2D eigenvalue weighted by atomic mass is 32.2. The number of amides is 1. The van der Waals surface area contributed by atoms with Gasteiger partial charge in [-0.25, -0.2) is 8.42 Å². The van der Waals surface area contributed by atoms with Crippen LogP contribution in [0.15, 0.2) is 57.2 Å². The first-order valence-corrected chi connectivity index (χ1v) is 14.1. The van der Waals surface area contributed by atoms with Gasteiger partial charge in [-0.1, -0.05) is 30.4 Å². The Morgan fingerprint density at radius 3 is 2.66 bits per heavy atom. The fourth-order valence-corrected chi connectivity index (χ4v) is 5.82. The topological polar surface area (TPSA) is 68.5 Å². The Balaban J connectivity index is 2.15. The van der Waals surface area contributed by atoms with Crippen molar-refractivity contribution in [3.63, 3.8) is 0 Å². The lowest BCUT2D eigenvalue weighted by atomic mass is 10.2. The van der Waals surface area contributed by atoms with Crippen LogP contribution in [-0.4, -0.2) is 42.9 Å². The molecular formula is C20H22N2O3S4. The lowest BCUT2D eigenvalue weighted by Gasteiger charge is -2.06. The molecule has 3 rings (SSSR count). The smallest absolute Gasteiger partial charge is 0.280 e. The molecule has 2 aromatic carbocycles. The second kappa shape index (κ2) is 9.51. The van der Waals surface area contributed by atoms with E-state index in [4.69, 9.17) is 0 Å². The van der Waals surface area contributed by atoms with Gasteiger partial charge in [0, 0.05) is 23.4 Å². The maximum absolute atomic E-state index is 13.0. The molecule has 0 fully saturated rings. The van der Waals surface area contributed by atoms with Crippen LogP contribution in [0.5, 0.6) is 0 Å². The highest BCUT2D eigenvalue weighted by molar-refractivity contribution is 7.99. The summed E-state index contributed by atoms with van der Waals surface area (Å²) >= 11 is 4.66. The van der Waals surface area contributed by atoms with Gasteiger partial charge in [-0.05, 0) is 42.3 Å². The van der Waals surface area contributed by atoms with Crippen LogP contribution < -0.4 is 4.80 Å². The van der Waals surface area contributed by atoms with Gasteiger partial charge in [0.05, 0.1) is 20.7 Å². The molecule has 0 radical (unpaired) electrons. The Morgan fingerprint density at radius 2 is 1.97 bits per heavy atom. The van der Waals surface area contributed by atoms with Gasteiger partial charge in [0.1, 0.15) is 0 Å². The number of hydrogen-bond acceptors (Lipinski definition) is 6. The van der Waals surface area contributed by atoms with Gasteiger partial charge >= 0.3 is 0 Å². The predicted molar refractivity (Wildman–Crippen MR) is 124 cm³/mol. The molecule has 3 aromatic rings. The van der Waals surface area contributed by atoms with Crippen molar-refractivity contribution in [3.05, 3.63) is 52.8 Å². The van der Waals surface area contributed by atoms with Crippen LogP contribution in [-0.2, 0) is 16.4 Å². The number of fused-ring (bicyclic) bond motifs is 1. The molecule has 1 amide bonds. The first-order valence-electron chi connectivity index (χ1n) is 8.98. The zero-order chi connectivity index (χ0) is 21.0. The predicted octanol–water partition coefficient (Wildman–Crippen LogP) is 4.32. The van der Waals surface area contributed by atoms with E-state index in [9.17, 15) is 13.2 Å². The van der Waals surface area contributed by atoms with E-state index in [0.29, 0.717) is 16.9 Å². The van der Waals surface area contributed by atoms with Crippen LogP contribution in [0.4, 0.5) is 0 Å². The maximum atomic E-state index is 13.0. The quantitative estimate of drug-likeness (QED) is 0.485. The Kier molecular flexibility index (Phi) is 7.26. The molecule has 0 saturated heterocycles. The number of thiazole rings is 1. The lowest BCUT2D eigenvalue weighted by molar-refractivity contribution is 0.0995. The van der Waals surface area contributed by atoms with Crippen molar-refractivity contribution in [3.8, 4) is 0 Å². The minimum atomic E-state index is -3.30. The van der Waals surface area contributed by atoms with Gasteiger partial charge in [-0.2, -0.15) is 16.8 Å². The maximum Gasteiger partial charge on any atom is 0.280 e. The van der Waals surface area contributed by atoms with Crippen LogP contribution >= 0.6 is 34.9 Å². The van der Waals surface area contributed by atoms with Crippen molar-refractivity contribution >= 4 is 60.8 Å². The molecule has 0 atom stereocenters. The van der Waals surface area contributed by atoms with Gasteiger partial charge in [0.25, 0.3) is 5.91 Å². The first kappa shape index (κ1) is 22.1. The van der Waals surface area contributed by atoms with Crippen molar-refractivity contribution in [2.45, 2.75) is 23.3 Å². The van der Waals surface area contributed by atoms with Gasteiger partial charge in [0.2, 0.25) is 0 Å². The average molecular weight is 467 g/mol. The number of carbonyl (C=O) groups excluding carboxylic acids is 1. The number of hydrogen-bond donors (Lipinski definition) is 0. The summed E-state index contributed by atoms with van der Waals surface area (Å²) in [4.78, 5) is 19.1. The van der Waals surface area contributed by atoms with E-state index in [2.05, 4.69) is 4.99 Å². The van der Waals surface area contributed by atoms with Crippen LogP contribution in [0.1, 0.15) is 17.3 Å². The molecular weight excluding hydrogens is 444 g/mol. The van der Waals surface area contributed by atoms with E-state index >= 15 is 0 Å². The molecule has 0 bridgehead atoms. The third-order valence-corrected chi connectivity index (χ3v) is 7.91. The number of rotatable bonds is 7. The van der Waals surface area contributed by atoms with E-state index in [1.165, 1.54) is 17.6 Å². The summed E-state index contributed by atoms with van der Waals surface area (Å²) in [6.45, 7) is 2.74. The summed E-state index contributed by atoms with van der Waals surface area (Å²) < 4.78 is 26.6. The van der Waals surface area contributed by atoms with Crippen LogP contribution in [0.2, 0.25) is 0 Å². The Hall–Kier alpha value is -1.55. The molecule has 5 nitrogen and oxygen atoms in total. The molecule has 29 heavy (non-hydrogen) atoms. The Labute approximate surface area is 183 Å². The third kappa shape index (κ3) is 5.14. The minimum absolute atomic E-state index is 0.269. The fraction of sp³-hybridized carbons (Fsp3) is 0.300. The standard InChI is InChI=1S/C20H22N2O3S4/c1-4-27-17-8-6-5-7-15(17)19(23)21-20-22(11-12-26-2)16-10-9-14(29(3,24)25)13-18(16)28-20/h5-10,13H,4,11-12H2,1-3H3. The highest BCUT2D eigenvalue weighted by Gasteiger charge is 2.14. The molecule has 0 aliphatic carbocycles. The van der Waals surface area contributed by atoms with Gasteiger partial charge in [-0.3, -0.25) is 4.79 Å². The van der Waals surface area contributed by atoms with Crippen LogP contribution in [0.25, 0.3) is 10.2 Å². The number of carbonyl (C=O) groups is 1. The fourth-order valence-electron chi connectivity index (χ4n) is 2.84.